The molecule has 0 amide bonds. The summed E-state index contributed by atoms with van der Waals surface area (Å²) in [5.74, 6) is 0.503. The van der Waals surface area contributed by atoms with E-state index in [0.717, 1.165) is 6.42 Å². The largest absolute Gasteiger partial charge is 0.389 e. The molecule has 1 aromatic heterocycles. The lowest BCUT2D eigenvalue weighted by Crippen LogP contribution is -2.51. The first-order valence-electron chi connectivity index (χ1n) is 5.67. The maximum Gasteiger partial charge on any atom is 0.334 e. The van der Waals surface area contributed by atoms with Gasteiger partial charge >= 0.3 is 5.69 Å². The third-order valence-corrected chi connectivity index (χ3v) is 2.89. The van der Waals surface area contributed by atoms with Crippen LogP contribution in [0.15, 0.2) is 0 Å². The summed E-state index contributed by atoms with van der Waals surface area (Å²) in [7, 11) is 1.70. The highest BCUT2D eigenvalue weighted by Crippen LogP contribution is 2.34. The Morgan fingerprint density at radius 3 is 2.71 bits per heavy atom. The second-order valence-corrected chi connectivity index (χ2v) is 4.31. The molecule has 0 spiro atoms. The van der Waals surface area contributed by atoms with Gasteiger partial charge in [0.1, 0.15) is 5.69 Å². The Hall–Kier alpha value is -1.63. The molecular weight excluding hydrogens is 224 g/mol. The number of nitro groups is 1. The van der Waals surface area contributed by atoms with E-state index in [1.165, 1.54) is 4.68 Å². The molecule has 1 aliphatic heterocycles. The maximum atomic E-state index is 11.1. The monoisotopic (exact) mass is 240 g/mol. The molecular formula is C10H16N4O3. The zero-order valence-corrected chi connectivity index (χ0v) is 9.96. The topological polar surface area (TPSA) is 84.4 Å². The number of nitrogens with zero attached hydrogens (tertiary/aromatic N) is 4. The van der Waals surface area contributed by atoms with Crippen LogP contribution < -0.4 is 4.90 Å². The summed E-state index contributed by atoms with van der Waals surface area (Å²) < 4.78 is 1.54. The van der Waals surface area contributed by atoms with Gasteiger partial charge < -0.3 is 10.0 Å². The van der Waals surface area contributed by atoms with Crippen LogP contribution in [0.4, 0.5) is 11.5 Å². The molecule has 1 N–H and O–H groups in total. The van der Waals surface area contributed by atoms with Crippen LogP contribution in [0, 0.1) is 10.1 Å². The van der Waals surface area contributed by atoms with Crippen LogP contribution in [0.2, 0.25) is 0 Å². The van der Waals surface area contributed by atoms with E-state index in [-0.39, 0.29) is 16.7 Å². The highest BCUT2D eigenvalue weighted by molar-refractivity contribution is 5.63. The Balaban J connectivity index is 2.39. The molecule has 0 radical (unpaired) electrons. The van der Waals surface area contributed by atoms with E-state index in [1.54, 1.807) is 11.9 Å². The molecule has 1 fully saturated rings. The number of anilines is 1. The van der Waals surface area contributed by atoms with Gasteiger partial charge in [0, 0.05) is 20.1 Å². The van der Waals surface area contributed by atoms with Gasteiger partial charge in [-0.15, -0.1) is 0 Å². The van der Waals surface area contributed by atoms with Crippen molar-refractivity contribution in [1.82, 2.24) is 9.78 Å². The predicted octanol–water partition coefficient (Wildman–Crippen LogP) is 0.462. The van der Waals surface area contributed by atoms with Gasteiger partial charge in [0.15, 0.2) is 0 Å². The first-order valence-corrected chi connectivity index (χ1v) is 5.67. The molecule has 0 aliphatic carbocycles. The van der Waals surface area contributed by atoms with Gasteiger partial charge in [0.2, 0.25) is 5.82 Å². The first kappa shape index (κ1) is 11.8. The summed E-state index contributed by atoms with van der Waals surface area (Å²) in [6.45, 7) is 2.84. The lowest BCUT2D eigenvalue weighted by Gasteiger charge is -2.36. The van der Waals surface area contributed by atoms with Crippen molar-refractivity contribution in [2.75, 3.05) is 18.0 Å². The van der Waals surface area contributed by atoms with Crippen molar-refractivity contribution in [1.29, 1.82) is 0 Å². The standard InChI is InChI=1S/C10H16N4O3/c1-3-4-8-9(14(16)17)10(12(2)11-8)13-5-7(15)6-13/h7,15H,3-6H2,1-2H3. The molecule has 0 atom stereocenters. The van der Waals surface area contributed by atoms with E-state index < -0.39 is 0 Å². The molecule has 1 aromatic rings. The second-order valence-electron chi connectivity index (χ2n) is 4.31. The molecule has 0 saturated carbocycles. The molecule has 0 aromatic carbocycles. The van der Waals surface area contributed by atoms with Crippen LogP contribution in [0.3, 0.4) is 0 Å². The van der Waals surface area contributed by atoms with Crippen molar-refractivity contribution < 1.29 is 10.0 Å². The van der Waals surface area contributed by atoms with Gasteiger partial charge in [0.05, 0.1) is 11.0 Å². The average Bonchev–Trinajstić information content (AvgIpc) is 2.51. The summed E-state index contributed by atoms with van der Waals surface area (Å²) in [6.07, 6.45) is 1.03. The number of hydrogen-bond acceptors (Lipinski definition) is 5. The molecule has 0 unspecified atom stereocenters. The minimum atomic E-state index is -0.390. The van der Waals surface area contributed by atoms with Crippen molar-refractivity contribution in [2.24, 2.45) is 7.05 Å². The van der Waals surface area contributed by atoms with Crippen LogP contribution in [-0.4, -0.2) is 39.0 Å². The summed E-state index contributed by atoms with van der Waals surface area (Å²) in [4.78, 5) is 12.5. The number of rotatable bonds is 4. The third-order valence-electron chi connectivity index (χ3n) is 2.89. The van der Waals surface area contributed by atoms with Crippen LogP contribution in [0.25, 0.3) is 0 Å². The lowest BCUT2D eigenvalue weighted by atomic mass is 10.1. The van der Waals surface area contributed by atoms with Crippen molar-refractivity contribution in [3.8, 4) is 0 Å². The van der Waals surface area contributed by atoms with E-state index in [9.17, 15) is 15.2 Å². The van der Waals surface area contributed by atoms with E-state index in [0.29, 0.717) is 31.0 Å². The second kappa shape index (κ2) is 4.33. The van der Waals surface area contributed by atoms with Crippen LogP contribution in [-0.2, 0) is 13.5 Å². The molecule has 0 bridgehead atoms. The van der Waals surface area contributed by atoms with Crippen LogP contribution in [0.1, 0.15) is 19.0 Å². The van der Waals surface area contributed by atoms with Crippen LogP contribution in [0.5, 0.6) is 0 Å². The maximum absolute atomic E-state index is 11.1. The number of aromatic nitrogens is 2. The van der Waals surface area contributed by atoms with Gasteiger partial charge in [-0.25, -0.2) is 4.68 Å². The fourth-order valence-corrected chi connectivity index (χ4v) is 2.13. The number of aliphatic hydroxyl groups excluding tert-OH is 1. The molecule has 1 aliphatic rings. The Kier molecular flexibility index (Phi) is 3.01. The fraction of sp³-hybridized carbons (Fsp3) is 0.700. The highest BCUT2D eigenvalue weighted by atomic mass is 16.6. The molecule has 94 valence electrons. The fourth-order valence-electron chi connectivity index (χ4n) is 2.13. The van der Waals surface area contributed by atoms with Gasteiger partial charge in [-0.1, -0.05) is 13.3 Å². The smallest absolute Gasteiger partial charge is 0.334 e. The summed E-state index contributed by atoms with van der Waals surface area (Å²) in [5, 5.41) is 24.6. The minimum absolute atomic E-state index is 0.0845. The molecule has 1 saturated heterocycles. The van der Waals surface area contributed by atoms with Gasteiger partial charge in [-0.2, -0.15) is 5.10 Å². The number of hydrogen-bond donors (Lipinski definition) is 1. The average molecular weight is 240 g/mol. The predicted molar refractivity (Wildman–Crippen MR) is 62.1 cm³/mol. The van der Waals surface area contributed by atoms with Gasteiger partial charge in [-0.05, 0) is 6.42 Å². The van der Waals surface area contributed by atoms with E-state index >= 15 is 0 Å². The SMILES string of the molecule is CCCc1nn(C)c(N2CC(O)C2)c1[N+](=O)[O-]. The summed E-state index contributed by atoms with van der Waals surface area (Å²) in [5.41, 5.74) is 0.609. The van der Waals surface area contributed by atoms with Crippen molar-refractivity contribution >= 4 is 11.5 Å². The van der Waals surface area contributed by atoms with E-state index in [1.807, 2.05) is 6.92 Å². The van der Waals surface area contributed by atoms with E-state index in [2.05, 4.69) is 5.10 Å². The Labute approximate surface area is 98.8 Å². The minimum Gasteiger partial charge on any atom is -0.389 e. The molecule has 7 heteroatoms. The number of aliphatic hydroxyl groups is 1. The highest BCUT2D eigenvalue weighted by Gasteiger charge is 2.35. The molecule has 2 heterocycles. The zero-order valence-electron chi connectivity index (χ0n) is 9.96. The lowest BCUT2D eigenvalue weighted by molar-refractivity contribution is -0.384. The van der Waals surface area contributed by atoms with Gasteiger partial charge in [-0.3, -0.25) is 10.1 Å². The Bertz CT molecular complexity index is 437. The van der Waals surface area contributed by atoms with Crippen molar-refractivity contribution in [2.45, 2.75) is 25.9 Å². The summed E-state index contributed by atoms with van der Waals surface area (Å²) in [6, 6.07) is 0. The van der Waals surface area contributed by atoms with E-state index in [4.69, 9.17) is 0 Å². The van der Waals surface area contributed by atoms with Crippen molar-refractivity contribution in [3.63, 3.8) is 0 Å². The van der Waals surface area contributed by atoms with Crippen molar-refractivity contribution in [3.05, 3.63) is 15.8 Å². The quantitative estimate of drug-likeness (QED) is 0.610. The zero-order chi connectivity index (χ0) is 12.6. The normalized spacial score (nSPS) is 16.1. The Morgan fingerprint density at radius 2 is 2.24 bits per heavy atom. The first-order chi connectivity index (χ1) is 8.04. The number of β-amino-alcohol motifs (C(OH)–C–C–N with tert-alkyl or cyclic N) is 1. The third kappa shape index (κ3) is 1.97. The Morgan fingerprint density at radius 1 is 1.59 bits per heavy atom. The number of aryl methyl sites for hydroxylation is 2. The van der Waals surface area contributed by atoms with Crippen LogP contribution >= 0.6 is 0 Å². The molecule has 2 rings (SSSR count). The molecule has 17 heavy (non-hydrogen) atoms. The molecule has 7 nitrogen and oxygen atoms in total. The van der Waals surface area contributed by atoms with Gasteiger partial charge in [0.25, 0.3) is 0 Å². The summed E-state index contributed by atoms with van der Waals surface area (Å²) >= 11 is 0.